The number of hydrogen-bond donors (Lipinski definition) is 1. The number of carbonyl (C=O) groups excluding carboxylic acids is 1. The van der Waals surface area contributed by atoms with Crippen LogP contribution in [0.5, 0.6) is 17.2 Å². The van der Waals surface area contributed by atoms with E-state index in [1.165, 1.54) is 11.0 Å². The normalized spacial score (nSPS) is 13.2. The number of carbonyl (C=O) groups is 1. The van der Waals surface area contributed by atoms with Crippen molar-refractivity contribution >= 4 is 5.91 Å². The van der Waals surface area contributed by atoms with Crippen LogP contribution < -0.4 is 19.5 Å². The van der Waals surface area contributed by atoms with Crippen molar-refractivity contribution in [2.24, 2.45) is 0 Å². The van der Waals surface area contributed by atoms with Crippen LogP contribution in [0.2, 0.25) is 0 Å². The maximum atomic E-state index is 12.3. The molecule has 0 saturated carbocycles. The Labute approximate surface area is 154 Å². The van der Waals surface area contributed by atoms with E-state index in [1.54, 1.807) is 19.1 Å². The first-order chi connectivity index (χ1) is 13.2. The third kappa shape index (κ3) is 3.81. The number of tetrazole rings is 1. The summed E-state index contributed by atoms with van der Waals surface area (Å²) in [5.41, 5.74) is 1.66. The quantitative estimate of drug-likeness (QED) is 0.704. The van der Waals surface area contributed by atoms with Crippen LogP contribution >= 0.6 is 0 Å². The molecule has 138 valence electrons. The summed E-state index contributed by atoms with van der Waals surface area (Å²) in [4.78, 5) is 12.3. The Morgan fingerprint density at radius 2 is 2.15 bits per heavy atom. The minimum absolute atomic E-state index is 0.222. The molecule has 0 saturated heterocycles. The maximum absolute atomic E-state index is 12.3. The second-order valence-electron chi connectivity index (χ2n) is 5.92. The van der Waals surface area contributed by atoms with Gasteiger partial charge in [-0.1, -0.05) is 12.1 Å². The molecule has 1 aromatic heterocycles. The minimum atomic E-state index is -0.664. The molecule has 9 heteroatoms. The fraction of sp³-hybridized carbons (Fsp3) is 0.222. The Hall–Kier alpha value is -3.62. The van der Waals surface area contributed by atoms with Crippen LogP contribution in [0, 0.1) is 0 Å². The molecular weight excluding hydrogens is 350 g/mol. The summed E-state index contributed by atoms with van der Waals surface area (Å²) in [5, 5.41) is 13.9. The van der Waals surface area contributed by atoms with Crippen LogP contribution in [-0.2, 0) is 11.3 Å². The van der Waals surface area contributed by atoms with Crippen LogP contribution in [0.3, 0.4) is 0 Å². The summed E-state index contributed by atoms with van der Waals surface area (Å²) in [6.45, 7) is 2.28. The van der Waals surface area contributed by atoms with Gasteiger partial charge in [0.1, 0.15) is 12.1 Å². The molecule has 1 aliphatic heterocycles. The molecule has 1 amide bonds. The smallest absolute Gasteiger partial charge is 0.261 e. The molecule has 27 heavy (non-hydrogen) atoms. The largest absolute Gasteiger partial charge is 0.481 e. The zero-order valence-electron chi connectivity index (χ0n) is 14.5. The van der Waals surface area contributed by atoms with E-state index in [0.717, 1.165) is 11.3 Å². The third-order valence-electron chi connectivity index (χ3n) is 4.02. The van der Waals surface area contributed by atoms with E-state index in [0.29, 0.717) is 23.8 Å². The van der Waals surface area contributed by atoms with Gasteiger partial charge in [-0.2, -0.15) is 0 Å². The monoisotopic (exact) mass is 367 g/mol. The second kappa shape index (κ2) is 7.32. The minimum Gasteiger partial charge on any atom is -0.481 e. The average Bonchev–Trinajstić information content (AvgIpc) is 3.37. The lowest BCUT2D eigenvalue weighted by atomic mass is 10.2. The summed E-state index contributed by atoms with van der Waals surface area (Å²) in [6.07, 6.45) is 0.823. The Kier molecular flexibility index (Phi) is 4.56. The first-order valence-electron chi connectivity index (χ1n) is 8.35. The lowest BCUT2D eigenvalue weighted by molar-refractivity contribution is -0.127. The van der Waals surface area contributed by atoms with Crippen molar-refractivity contribution in [2.45, 2.75) is 19.6 Å². The summed E-state index contributed by atoms with van der Waals surface area (Å²) in [6, 6.07) is 12.7. The summed E-state index contributed by atoms with van der Waals surface area (Å²) >= 11 is 0. The van der Waals surface area contributed by atoms with E-state index < -0.39 is 6.10 Å². The van der Waals surface area contributed by atoms with E-state index in [2.05, 4.69) is 20.8 Å². The van der Waals surface area contributed by atoms with Gasteiger partial charge in [-0.15, -0.1) is 5.10 Å². The molecule has 1 N–H and O–H groups in total. The zero-order chi connectivity index (χ0) is 18.6. The Morgan fingerprint density at radius 3 is 3.00 bits per heavy atom. The van der Waals surface area contributed by atoms with Gasteiger partial charge in [0.15, 0.2) is 17.6 Å². The highest BCUT2D eigenvalue weighted by molar-refractivity contribution is 5.80. The van der Waals surface area contributed by atoms with Gasteiger partial charge in [-0.3, -0.25) is 4.79 Å². The van der Waals surface area contributed by atoms with Crippen LogP contribution in [0.4, 0.5) is 0 Å². The number of aromatic nitrogens is 4. The Bertz CT molecular complexity index is 945. The molecule has 2 heterocycles. The SMILES string of the molecule is C[C@H](Oc1cccc(-n2cnnn2)c1)C(=O)NCc1ccc2c(c1)OCO2. The predicted octanol–water partition coefficient (Wildman–Crippen LogP) is 1.47. The summed E-state index contributed by atoms with van der Waals surface area (Å²) < 4.78 is 17.9. The van der Waals surface area contributed by atoms with E-state index in [9.17, 15) is 4.79 Å². The molecule has 0 spiro atoms. The molecule has 0 unspecified atom stereocenters. The van der Waals surface area contributed by atoms with Crippen LogP contribution in [0.25, 0.3) is 5.69 Å². The number of hydrogen-bond acceptors (Lipinski definition) is 7. The van der Waals surface area contributed by atoms with Crippen molar-refractivity contribution in [3.8, 4) is 22.9 Å². The lowest BCUT2D eigenvalue weighted by Gasteiger charge is -2.15. The molecule has 2 aromatic carbocycles. The Balaban J connectivity index is 1.35. The molecular formula is C18H17N5O4. The molecule has 0 radical (unpaired) electrons. The Morgan fingerprint density at radius 1 is 1.26 bits per heavy atom. The van der Waals surface area contributed by atoms with Gasteiger partial charge in [-0.05, 0) is 47.2 Å². The number of nitrogens with one attached hydrogen (secondary N) is 1. The van der Waals surface area contributed by atoms with E-state index in [4.69, 9.17) is 14.2 Å². The van der Waals surface area contributed by atoms with Gasteiger partial charge in [-0.25, -0.2) is 4.68 Å². The first kappa shape index (κ1) is 16.8. The summed E-state index contributed by atoms with van der Waals surface area (Å²) in [5.74, 6) is 1.73. The van der Waals surface area contributed by atoms with E-state index >= 15 is 0 Å². The van der Waals surface area contributed by atoms with Crippen LogP contribution in [-0.4, -0.2) is 39.0 Å². The fourth-order valence-electron chi connectivity index (χ4n) is 2.62. The van der Waals surface area contributed by atoms with Gasteiger partial charge < -0.3 is 19.5 Å². The fourth-order valence-corrected chi connectivity index (χ4v) is 2.62. The van der Waals surface area contributed by atoms with Crippen molar-refractivity contribution in [2.75, 3.05) is 6.79 Å². The molecule has 1 atom stereocenters. The van der Waals surface area contributed by atoms with Gasteiger partial charge in [0, 0.05) is 12.6 Å². The van der Waals surface area contributed by atoms with Gasteiger partial charge in [0.05, 0.1) is 5.69 Å². The van der Waals surface area contributed by atoms with Gasteiger partial charge in [0.2, 0.25) is 6.79 Å². The van der Waals surface area contributed by atoms with E-state index in [1.807, 2.05) is 30.3 Å². The standard InChI is InChI=1S/C18H17N5O4/c1-12(27-15-4-2-3-14(8-15)23-10-20-21-22-23)18(24)19-9-13-5-6-16-17(7-13)26-11-25-16/h2-8,10,12H,9,11H2,1H3,(H,19,24)/t12-/m0/s1. The highest BCUT2D eigenvalue weighted by Gasteiger charge is 2.17. The summed E-state index contributed by atoms with van der Waals surface area (Å²) in [7, 11) is 0. The van der Waals surface area contributed by atoms with Crippen molar-refractivity contribution in [3.05, 3.63) is 54.4 Å². The number of fused-ring (bicyclic) bond motifs is 1. The van der Waals surface area contributed by atoms with Crippen LogP contribution in [0.15, 0.2) is 48.8 Å². The van der Waals surface area contributed by atoms with Crippen molar-refractivity contribution in [1.29, 1.82) is 0 Å². The highest BCUT2D eigenvalue weighted by Crippen LogP contribution is 2.32. The molecule has 0 aliphatic carbocycles. The van der Waals surface area contributed by atoms with Gasteiger partial charge in [0.25, 0.3) is 5.91 Å². The molecule has 9 nitrogen and oxygen atoms in total. The number of ether oxygens (including phenoxy) is 3. The van der Waals surface area contributed by atoms with E-state index in [-0.39, 0.29) is 12.7 Å². The lowest BCUT2D eigenvalue weighted by Crippen LogP contribution is -2.35. The van der Waals surface area contributed by atoms with Crippen molar-refractivity contribution in [1.82, 2.24) is 25.5 Å². The topological polar surface area (TPSA) is 100 Å². The average molecular weight is 367 g/mol. The maximum Gasteiger partial charge on any atom is 0.261 e. The molecule has 0 fully saturated rings. The third-order valence-corrected chi connectivity index (χ3v) is 4.02. The molecule has 4 rings (SSSR count). The van der Waals surface area contributed by atoms with Crippen molar-refractivity contribution < 1.29 is 19.0 Å². The second-order valence-corrected chi connectivity index (χ2v) is 5.92. The van der Waals surface area contributed by atoms with Gasteiger partial charge >= 0.3 is 0 Å². The number of amides is 1. The van der Waals surface area contributed by atoms with Crippen LogP contribution in [0.1, 0.15) is 12.5 Å². The first-order valence-corrected chi connectivity index (χ1v) is 8.35. The van der Waals surface area contributed by atoms with Crippen molar-refractivity contribution in [3.63, 3.8) is 0 Å². The predicted molar refractivity (Wildman–Crippen MR) is 93.7 cm³/mol. The molecule has 1 aliphatic rings. The zero-order valence-corrected chi connectivity index (χ0v) is 14.5. The number of nitrogens with zero attached hydrogens (tertiary/aromatic N) is 4. The number of rotatable bonds is 6. The number of benzene rings is 2. The molecule has 0 bridgehead atoms. The molecule has 3 aromatic rings. The highest BCUT2D eigenvalue weighted by atomic mass is 16.7.